The molecule has 0 aliphatic rings. The van der Waals surface area contributed by atoms with Crippen LogP contribution in [0.5, 0.6) is 0 Å². The summed E-state index contributed by atoms with van der Waals surface area (Å²) in [5.41, 5.74) is 2.91. The number of benzene rings is 3. The van der Waals surface area contributed by atoms with Gasteiger partial charge in [-0.25, -0.2) is 0 Å². The van der Waals surface area contributed by atoms with Gasteiger partial charge in [0.25, 0.3) is 0 Å². The van der Waals surface area contributed by atoms with E-state index in [1.54, 1.807) is 17.4 Å². The maximum atomic E-state index is 13.1. The molecule has 0 saturated heterocycles. The summed E-state index contributed by atoms with van der Waals surface area (Å²) >= 11 is 2.94. The lowest BCUT2D eigenvalue weighted by atomic mass is 9.99. The second kappa shape index (κ2) is 11.7. The smallest absolute Gasteiger partial charge is 0.274 e. The molecule has 0 fully saturated rings. The lowest BCUT2D eigenvalue weighted by molar-refractivity contribution is -0.146. The number of pyridine rings is 1. The monoisotopic (exact) mass is 522 g/mol. The molecule has 2 heterocycles. The first kappa shape index (κ1) is 25.9. The summed E-state index contributed by atoms with van der Waals surface area (Å²) in [5.74, 6) is -1.52. The molecule has 0 radical (unpaired) electrons. The van der Waals surface area contributed by atoms with Gasteiger partial charge >= 0.3 is 6.18 Å². The number of alkyl halides is 3. The highest BCUT2D eigenvalue weighted by atomic mass is 32.2. The van der Waals surface area contributed by atoms with E-state index < -0.39 is 12.1 Å². The average molecular weight is 523 g/mol. The van der Waals surface area contributed by atoms with Gasteiger partial charge in [-0.05, 0) is 65.7 Å². The Morgan fingerprint density at radius 1 is 0.889 bits per heavy atom. The third-order valence-corrected chi connectivity index (χ3v) is 7.47. The van der Waals surface area contributed by atoms with Crippen molar-refractivity contribution in [2.24, 2.45) is 5.14 Å². The zero-order valence-electron chi connectivity index (χ0n) is 19.6. The summed E-state index contributed by atoms with van der Waals surface area (Å²) in [4.78, 5) is 6.68. The summed E-state index contributed by atoms with van der Waals surface area (Å²) in [5, 5.41) is 6.35. The van der Waals surface area contributed by atoms with Crippen LogP contribution in [0.15, 0.2) is 108 Å². The van der Waals surface area contributed by atoms with E-state index >= 15 is 0 Å². The fourth-order valence-electron chi connectivity index (χ4n) is 3.75. The first-order chi connectivity index (χ1) is 17.3. The van der Waals surface area contributed by atoms with Gasteiger partial charge in [0.2, 0.25) is 0 Å². The minimum atomic E-state index is -4.27. The van der Waals surface area contributed by atoms with E-state index in [2.05, 4.69) is 23.2 Å². The number of thiophene rings is 1. The lowest BCUT2D eigenvalue weighted by Gasteiger charge is -2.16. The number of aromatic nitrogens is 1. The number of hydrogen-bond acceptors (Lipinski definition) is 4. The van der Waals surface area contributed by atoms with Crippen LogP contribution in [0.25, 0.3) is 21.3 Å². The van der Waals surface area contributed by atoms with Crippen molar-refractivity contribution in [2.75, 3.05) is 0 Å². The summed E-state index contributed by atoms with van der Waals surface area (Å²) in [6.07, 6.45) is -1.97. The number of nitrogens with two attached hydrogens (primary N) is 1. The minimum absolute atomic E-state index is 0.232. The van der Waals surface area contributed by atoms with E-state index in [0.29, 0.717) is 5.69 Å². The number of rotatable bonds is 5. The van der Waals surface area contributed by atoms with Crippen LogP contribution < -0.4 is 5.14 Å². The predicted octanol–water partition coefficient (Wildman–Crippen LogP) is 8.87. The average Bonchev–Trinajstić information content (AvgIpc) is 3.31. The Morgan fingerprint density at radius 2 is 1.58 bits per heavy atom. The fraction of sp³-hybridized carbons (Fsp3) is 0.138. The molecule has 2 N–H and O–H groups in total. The standard InChI is InChI=1S/C23H18F3NS.C6H7NS/c1-15(23(24,25)26)17-10-11-27-21(14-17)20-9-5-8-18-13-19(28-22(18)20)12-16-6-3-2-4-7-16;7-8-6-4-2-1-3-5-6/h2-11,13-15H,12H2,1H3;1-5H,7H2/t15-;/m1./s1. The molecular weight excluding hydrogens is 497 g/mol. The quantitative estimate of drug-likeness (QED) is 0.234. The van der Waals surface area contributed by atoms with Gasteiger partial charge in [0, 0.05) is 32.7 Å². The number of halogens is 3. The third-order valence-electron chi connectivity index (χ3n) is 5.75. The van der Waals surface area contributed by atoms with Crippen LogP contribution >= 0.6 is 23.3 Å². The van der Waals surface area contributed by atoms with Crippen molar-refractivity contribution >= 4 is 33.4 Å². The van der Waals surface area contributed by atoms with Crippen molar-refractivity contribution in [3.8, 4) is 11.3 Å². The Labute approximate surface area is 217 Å². The van der Waals surface area contributed by atoms with Crippen molar-refractivity contribution in [3.05, 3.63) is 119 Å². The molecule has 0 bridgehead atoms. The molecule has 1 atom stereocenters. The Morgan fingerprint density at radius 3 is 2.22 bits per heavy atom. The summed E-state index contributed by atoms with van der Waals surface area (Å²) in [6.45, 7) is 1.18. The molecule has 2 aromatic heterocycles. The fourth-order valence-corrected chi connectivity index (χ4v) is 5.28. The highest BCUT2D eigenvalue weighted by Gasteiger charge is 2.37. The molecule has 0 aliphatic heterocycles. The van der Waals surface area contributed by atoms with Gasteiger partial charge in [0.05, 0.1) is 11.6 Å². The topological polar surface area (TPSA) is 38.9 Å². The largest absolute Gasteiger partial charge is 0.395 e. The highest BCUT2D eigenvalue weighted by Crippen LogP contribution is 2.38. The molecular formula is C29H25F3N2S2. The summed E-state index contributed by atoms with van der Waals surface area (Å²) < 4.78 is 40.4. The predicted molar refractivity (Wildman–Crippen MR) is 145 cm³/mol. The Hall–Kier alpha value is -3.13. The van der Waals surface area contributed by atoms with Crippen LogP contribution in [0.4, 0.5) is 13.2 Å². The SMILES string of the molecule is C[C@H](c1ccnc(-c2cccc3cc(Cc4ccccc4)sc23)c1)C(F)(F)F.NSc1ccccc1. The van der Waals surface area contributed by atoms with Crippen molar-refractivity contribution < 1.29 is 13.2 Å². The van der Waals surface area contributed by atoms with E-state index in [4.69, 9.17) is 5.14 Å². The summed E-state index contributed by atoms with van der Waals surface area (Å²) in [7, 11) is 0. The van der Waals surface area contributed by atoms with E-state index in [1.165, 1.54) is 41.6 Å². The molecule has 3 aromatic carbocycles. The van der Waals surface area contributed by atoms with Crippen molar-refractivity contribution in [1.29, 1.82) is 0 Å². The molecule has 2 nitrogen and oxygen atoms in total. The van der Waals surface area contributed by atoms with Crippen molar-refractivity contribution in [1.82, 2.24) is 4.98 Å². The molecule has 5 aromatic rings. The molecule has 0 amide bonds. The number of fused-ring (bicyclic) bond motifs is 1. The number of hydrogen-bond donors (Lipinski definition) is 1. The minimum Gasteiger partial charge on any atom is -0.274 e. The van der Waals surface area contributed by atoms with Crippen LogP contribution in [0.1, 0.15) is 28.8 Å². The van der Waals surface area contributed by atoms with Gasteiger partial charge in [0.1, 0.15) is 0 Å². The highest BCUT2D eigenvalue weighted by molar-refractivity contribution is 7.97. The number of nitrogens with zero attached hydrogens (tertiary/aromatic N) is 1. The maximum Gasteiger partial charge on any atom is 0.395 e. The summed E-state index contributed by atoms with van der Waals surface area (Å²) in [6, 6.07) is 31.1. The lowest BCUT2D eigenvalue weighted by Crippen LogP contribution is -2.17. The molecule has 0 spiro atoms. The molecule has 184 valence electrons. The van der Waals surface area contributed by atoms with Crippen molar-refractivity contribution in [3.63, 3.8) is 0 Å². The molecule has 0 unspecified atom stereocenters. The van der Waals surface area contributed by atoms with Gasteiger partial charge in [-0.15, -0.1) is 11.3 Å². The van der Waals surface area contributed by atoms with E-state index in [1.807, 2.05) is 66.7 Å². The molecule has 0 saturated carbocycles. The Bertz CT molecular complexity index is 1400. The first-order valence-electron chi connectivity index (χ1n) is 11.4. The molecule has 36 heavy (non-hydrogen) atoms. The Kier molecular flexibility index (Phi) is 8.46. The third kappa shape index (κ3) is 6.55. The van der Waals surface area contributed by atoms with Crippen LogP contribution in [0.3, 0.4) is 0 Å². The van der Waals surface area contributed by atoms with Gasteiger partial charge in [-0.1, -0.05) is 66.7 Å². The van der Waals surface area contributed by atoms with Gasteiger partial charge < -0.3 is 0 Å². The normalized spacial score (nSPS) is 12.1. The second-order valence-corrected chi connectivity index (χ2v) is 10.1. The molecule has 7 heteroatoms. The van der Waals surface area contributed by atoms with Crippen LogP contribution in [0.2, 0.25) is 0 Å². The zero-order valence-corrected chi connectivity index (χ0v) is 21.2. The molecule has 5 rings (SSSR count). The second-order valence-electron chi connectivity index (χ2n) is 8.27. The van der Waals surface area contributed by atoms with Crippen LogP contribution in [-0.4, -0.2) is 11.2 Å². The van der Waals surface area contributed by atoms with Gasteiger partial charge in [-0.2, -0.15) is 13.2 Å². The van der Waals surface area contributed by atoms with E-state index in [9.17, 15) is 13.2 Å². The van der Waals surface area contributed by atoms with E-state index in [-0.39, 0.29) is 5.56 Å². The Balaban J connectivity index is 0.000000325. The van der Waals surface area contributed by atoms with Crippen LogP contribution in [0, 0.1) is 0 Å². The van der Waals surface area contributed by atoms with E-state index in [0.717, 1.165) is 27.0 Å². The van der Waals surface area contributed by atoms with Gasteiger partial charge in [0.15, 0.2) is 0 Å². The maximum absolute atomic E-state index is 13.1. The van der Waals surface area contributed by atoms with Crippen molar-refractivity contribution in [2.45, 2.75) is 30.3 Å². The first-order valence-corrected chi connectivity index (χ1v) is 13.0. The molecule has 0 aliphatic carbocycles. The zero-order chi connectivity index (χ0) is 25.5. The van der Waals surface area contributed by atoms with Gasteiger partial charge in [-0.3, -0.25) is 10.1 Å². The van der Waals surface area contributed by atoms with Crippen LogP contribution in [-0.2, 0) is 6.42 Å².